The van der Waals surface area contributed by atoms with Crippen LogP contribution in [0.5, 0.6) is 11.5 Å². The molecule has 1 aromatic carbocycles. The number of phenols is 1. The van der Waals surface area contributed by atoms with E-state index in [2.05, 4.69) is 16.0 Å². The summed E-state index contributed by atoms with van der Waals surface area (Å²) in [7, 11) is 0. The number of nitrogens with two attached hydrogens (primary N) is 2. The highest BCUT2D eigenvalue weighted by Gasteiger charge is 2.55. The summed E-state index contributed by atoms with van der Waals surface area (Å²) in [4.78, 5) is 36.3. The number of ether oxygens (including phenoxy) is 2. The van der Waals surface area contributed by atoms with Gasteiger partial charge in [0.2, 0.25) is 0 Å². The molecular formula is C40H40N4O8. The molecule has 3 aromatic heterocycles. The molecule has 7 N–H and O–H groups in total. The van der Waals surface area contributed by atoms with Crippen LogP contribution in [-0.4, -0.2) is 49.6 Å². The van der Waals surface area contributed by atoms with E-state index >= 15 is 0 Å². The van der Waals surface area contributed by atoms with Crippen molar-refractivity contribution in [2.75, 3.05) is 18.1 Å². The van der Waals surface area contributed by atoms with Crippen LogP contribution in [0.1, 0.15) is 78.7 Å². The Kier molecular flexibility index (Phi) is 7.99. The zero-order valence-corrected chi connectivity index (χ0v) is 29.2. The number of aliphatic hydroxyl groups excluding tert-OH is 2. The van der Waals surface area contributed by atoms with E-state index in [1.807, 2.05) is 19.1 Å². The Labute approximate surface area is 299 Å². The van der Waals surface area contributed by atoms with Gasteiger partial charge in [-0.05, 0) is 86.4 Å². The van der Waals surface area contributed by atoms with E-state index in [1.165, 1.54) is 0 Å². The normalized spacial score (nSPS) is 23.2. The molecule has 0 unspecified atom stereocenters. The second-order valence-electron chi connectivity index (χ2n) is 14.2. The number of nitrogens with zero attached hydrogens (tertiary/aromatic N) is 2. The lowest BCUT2D eigenvalue weighted by Crippen LogP contribution is -2.57. The van der Waals surface area contributed by atoms with E-state index in [0.29, 0.717) is 41.8 Å². The first-order valence-corrected chi connectivity index (χ1v) is 17.5. The number of anilines is 2. The summed E-state index contributed by atoms with van der Waals surface area (Å²) >= 11 is 0. The number of hydrogen-bond donors (Lipinski definition) is 5. The van der Waals surface area contributed by atoms with E-state index in [9.17, 15) is 24.9 Å². The van der Waals surface area contributed by atoms with Crippen LogP contribution in [-0.2, 0) is 35.4 Å². The third-order valence-corrected chi connectivity index (χ3v) is 11.4. The number of fused-ring (bicyclic) bond motifs is 7. The highest BCUT2D eigenvalue weighted by atomic mass is 16.6. The number of carbonyl (C=O) groups is 1. The summed E-state index contributed by atoms with van der Waals surface area (Å²) < 4.78 is 19.9. The van der Waals surface area contributed by atoms with Crippen LogP contribution in [0.2, 0.25) is 0 Å². The van der Waals surface area contributed by atoms with Crippen LogP contribution in [0.25, 0.3) is 16.5 Å². The first-order valence-electron chi connectivity index (χ1n) is 17.5. The van der Waals surface area contributed by atoms with Crippen molar-refractivity contribution in [2.24, 2.45) is 5.92 Å². The summed E-state index contributed by atoms with van der Waals surface area (Å²) in [5.74, 6) is -1.09. The molecule has 4 atom stereocenters. The number of aromatic nitrogens is 2. The topological polar surface area (TPSA) is 204 Å². The maximum atomic E-state index is 13.7. The number of allylic oxidation sites excluding steroid dienone is 4. The van der Waals surface area contributed by atoms with Gasteiger partial charge in [-0.2, -0.15) is 0 Å². The average Bonchev–Trinajstić information content (AvgIpc) is 3.44. The van der Waals surface area contributed by atoms with Crippen molar-refractivity contribution in [2.45, 2.75) is 77.1 Å². The number of esters is 1. The van der Waals surface area contributed by atoms with Gasteiger partial charge in [-0.1, -0.05) is 17.7 Å². The maximum absolute atomic E-state index is 13.7. The molecule has 0 saturated heterocycles. The fourth-order valence-corrected chi connectivity index (χ4v) is 8.72. The van der Waals surface area contributed by atoms with Crippen molar-refractivity contribution in [3.8, 4) is 11.5 Å². The van der Waals surface area contributed by atoms with Gasteiger partial charge in [0.1, 0.15) is 52.6 Å². The van der Waals surface area contributed by atoms with Gasteiger partial charge in [-0.15, -0.1) is 0 Å². The monoisotopic (exact) mass is 704 g/mol. The fourth-order valence-electron chi connectivity index (χ4n) is 8.72. The predicted molar refractivity (Wildman–Crippen MR) is 193 cm³/mol. The Balaban J connectivity index is 1.53. The lowest BCUT2D eigenvalue weighted by Gasteiger charge is -2.49. The van der Waals surface area contributed by atoms with Crippen molar-refractivity contribution >= 4 is 34.1 Å². The highest BCUT2D eigenvalue weighted by Crippen LogP contribution is 2.58. The molecule has 4 aliphatic rings. The van der Waals surface area contributed by atoms with Crippen LogP contribution in [0.4, 0.5) is 11.6 Å². The molecule has 5 heterocycles. The van der Waals surface area contributed by atoms with Gasteiger partial charge in [-0.3, -0.25) is 4.79 Å². The first kappa shape index (κ1) is 33.7. The molecule has 12 nitrogen and oxygen atoms in total. The number of benzene rings is 1. The molecule has 0 radical (unpaired) electrons. The summed E-state index contributed by atoms with van der Waals surface area (Å²) in [6.45, 7) is 4.52. The lowest BCUT2D eigenvalue weighted by atomic mass is 9.68. The van der Waals surface area contributed by atoms with Crippen LogP contribution in [0.15, 0.2) is 68.7 Å². The third kappa shape index (κ3) is 4.95. The fraction of sp³-hybridized carbons (Fsp3) is 0.350. The molecule has 2 bridgehead atoms. The summed E-state index contributed by atoms with van der Waals surface area (Å²) in [5.41, 5.74) is 18.7. The largest absolute Gasteiger partial charge is 0.507 e. The smallest absolute Gasteiger partial charge is 0.333 e. The van der Waals surface area contributed by atoms with Crippen molar-refractivity contribution in [1.82, 2.24) is 9.97 Å². The third-order valence-electron chi connectivity index (χ3n) is 11.4. The predicted octanol–water partition coefficient (Wildman–Crippen LogP) is 4.54. The van der Waals surface area contributed by atoms with Crippen molar-refractivity contribution < 1.29 is 34.0 Å². The van der Waals surface area contributed by atoms with Gasteiger partial charge >= 0.3 is 5.97 Å². The summed E-state index contributed by atoms with van der Waals surface area (Å²) in [6, 6.07) is 4.89. The summed E-state index contributed by atoms with van der Waals surface area (Å²) in [5, 5.41) is 32.6. The molecule has 2 aliphatic heterocycles. The second-order valence-corrected chi connectivity index (χ2v) is 14.2. The number of phenolic OH excluding ortho intramolecular Hbond substituents is 1. The Bertz CT molecular complexity index is 2360. The van der Waals surface area contributed by atoms with Gasteiger partial charge in [-0.25, -0.2) is 14.8 Å². The van der Waals surface area contributed by atoms with Crippen LogP contribution >= 0.6 is 0 Å². The standard InChI is InChI=1S/C40H40N4O8/c1-4-18(2)39(49)51-29-15-26-35(48)34-28(47)14-22(17-46)50-37(34)33-24(8-10-45)23-7-9-43-38(42)32(23)25-6-5-19-11-20-13-30(41)44-16-21(20)12-27(31(19)25)40(29,3)52-36(26)33/h4,6-7,9,13-14,16,24,27,29,45-46,48H,5,8,10-12,15,17H2,1-3H3,(H2,41,44)(H2,42,43)/b18-4-/t24-,27+,29-,40+/m1/s1. The molecule has 2 aliphatic carbocycles. The highest BCUT2D eigenvalue weighted by molar-refractivity contribution is 5.94. The van der Waals surface area contributed by atoms with E-state index < -0.39 is 41.5 Å². The minimum Gasteiger partial charge on any atom is -0.507 e. The maximum Gasteiger partial charge on any atom is 0.333 e. The molecular weight excluding hydrogens is 664 g/mol. The minimum atomic E-state index is -1.29. The Hall–Kier alpha value is -5.46. The number of hydrogen-bond acceptors (Lipinski definition) is 12. The molecule has 0 saturated carbocycles. The molecule has 52 heavy (non-hydrogen) atoms. The Morgan fingerprint density at radius 1 is 1.17 bits per heavy atom. The van der Waals surface area contributed by atoms with Gasteiger partial charge in [0.15, 0.2) is 11.0 Å². The van der Waals surface area contributed by atoms with E-state index in [1.54, 1.807) is 32.3 Å². The Morgan fingerprint density at radius 2 is 1.98 bits per heavy atom. The Morgan fingerprint density at radius 3 is 2.73 bits per heavy atom. The zero-order valence-electron chi connectivity index (χ0n) is 29.2. The number of nitrogen functional groups attached to an aromatic ring is 2. The average molecular weight is 705 g/mol. The van der Waals surface area contributed by atoms with Gasteiger partial charge in [0.25, 0.3) is 0 Å². The second kappa shape index (κ2) is 12.3. The van der Waals surface area contributed by atoms with Crippen LogP contribution in [0.3, 0.4) is 0 Å². The first-order chi connectivity index (χ1) is 25.0. The molecule has 12 heteroatoms. The number of aromatic hydroxyl groups is 1. The minimum absolute atomic E-state index is 0.00451. The van der Waals surface area contributed by atoms with Gasteiger partial charge in [0, 0.05) is 65.6 Å². The number of aliphatic hydroxyl groups is 2. The number of carbonyl (C=O) groups excluding carboxylic acids is 1. The van der Waals surface area contributed by atoms with Crippen molar-refractivity contribution in [1.29, 1.82) is 0 Å². The molecule has 0 spiro atoms. The van der Waals surface area contributed by atoms with Crippen LogP contribution in [0, 0.1) is 5.92 Å². The van der Waals surface area contributed by atoms with Gasteiger partial charge in [0.05, 0.1) is 0 Å². The lowest BCUT2D eigenvalue weighted by molar-refractivity contribution is -0.162. The molecule has 0 fully saturated rings. The SMILES string of the molecule is C/C=C(/C)C(=O)O[C@@H]1Cc2c3c(c4oc(CO)cc(=O)c4c2O)[C@H](CCO)c2ccnc(N)c2C2=CCC4=C2[C@H](Cc2cnc(N)cc2C4)[C@]1(C)O3. The molecule has 0 amide bonds. The quantitative estimate of drug-likeness (QED) is 0.144. The summed E-state index contributed by atoms with van der Waals surface area (Å²) in [6.07, 6.45) is 8.08. The number of rotatable bonds is 5. The van der Waals surface area contributed by atoms with E-state index in [-0.39, 0.29) is 59.1 Å². The van der Waals surface area contributed by atoms with Crippen molar-refractivity contribution in [3.63, 3.8) is 0 Å². The molecule has 268 valence electrons. The molecule has 4 aromatic rings. The van der Waals surface area contributed by atoms with Crippen LogP contribution < -0.4 is 21.6 Å². The van der Waals surface area contributed by atoms with E-state index in [0.717, 1.165) is 39.5 Å². The molecule has 8 rings (SSSR count). The zero-order chi connectivity index (χ0) is 36.6. The van der Waals surface area contributed by atoms with Crippen molar-refractivity contribution in [3.05, 3.63) is 109 Å². The number of pyridine rings is 2. The van der Waals surface area contributed by atoms with Gasteiger partial charge < -0.3 is 40.7 Å². The van der Waals surface area contributed by atoms with E-state index in [4.69, 9.17) is 25.4 Å².